The van der Waals surface area contributed by atoms with Crippen LogP contribution >= 0.6 is 0 Å². The molecule has 0 aliphatic carbocycles. The lowest BCUT2D eigenvalue weighted by Gasteiger charge is -1.94. The Balaban J connectivity index is 2.63. The maximum atomic E-state index is 10.1. The van der Waals surface area contributed by atoms with Crippen LogP contribution in [0.5, 0.6) is 0 Å². The number of hydrogen-bond donors (Lipinski definition) is 2. The van der Waals surface area contributed by atoms with Crippen molar-refractivity contribution in [2.24, 2.45) is 10.7 Å². The van der Waals surface area contributed by atoms with Crippen molar-refractivity contribution in [2.75, 3.05) is 5.73 Å². The van der Waals surface area contributed by atoms with Crippen LogP contribution in [0.1, 0.15) is 0 Å². The molecular formula is C8H9N3O2. The summed E-state index contributed by atoms with van der Waals surface area (Å²) in [5, 5.41) is 0. The van der Waals surface area contributed by atoms with Gasteiger partial charge < -0.3 is 16.2 Å². The molecule has 0 unspecified atom stereocenters. The number of benzene rings is 1. The molecule has 0 aromatic heterocycles. The van der Waals surface area contributed by atoms with Crippen molar-refractivity contribution < 1.29 is 9.53 Å². The van der Waals surface area contributed by atoms with Crippen LogP contribution in [-0.4, -0.2) is 12.5 Å². The minimum absolute atomic E-state index is 0.591. The van der Waals surface area contributed by atoms with Crippen LogP contribution in [0.4, 0.5) is 16.2 Å². The van der Waals surface area contributed by atoms with Crippen LogP contribution in [0.25, 0.3) is 0 Å². The van der Waals surface area contributed by atoms with Crippen LogP contribution in [0.2, 0.25) is 0 Å². The minimum Gasteiger partial charge on any atom is -0.399 e. The Morgan fingerprint density at radius 1 is 1.54 bits per heavy atom. The molecule has 0 atom stereocenters. The number of amides is 1. The number of hydrogen-bond acceptors (Lipinski definition) is 4. The third-order valence-corrected chi connectivity index (χ3v) is 1.24. The Kier molecular flexibility index (Phi) is 2.86. The SMILES string of the molecule is NC(=O)OC=Nc1cccc(N)c1. The Morgan fingerprint density at radius 2 is 2.31 bits per heavy atom. The van der Waals surface area contributed by atoms with E-state index in [1.54, 1.807) is 24.3 Å². The zero-order valence-electron chi connectivity index (χ0n) is 6.81. The lowest BCUT2D eigenvalue weighted by Crippen LogP contribution is -2.11. The average Bonchev–Trinajstić information content (AvgIpc) is 2.03. The summed E-state index contributed by atoms with van der Waals surface area (Å²) in [5.41, 5.74) is 11.4. The van der Waals surface area contributed by atoms with Crippen molar-refractivity contribution in [2.45, 2.75) is 0 Å². The fourth-order valence-electron chi connectivity index (χ4n) is 0.744. The molecule has 0 saturated carbocycles. The molecule has 13 heavy (non-hydrogen) atoms. The van der Waals surface area contributed by atoms with Crippen LogP contribution in [0, 0.1) is 0 Å². The standard InChI is InChI=1S/C8H9N3O2/c9-6-2-1-3-7(4-6)11-5-13-8(10)12/h1-5H,9H2,(H2,10,12). The first kappa shape index (κ1) is 9.05. The molecule has 68 valence electrons. The van der Waals surface area contributed by atoms with E-state index in [1.165, 1.54) is 0 Å². The Labute approximate surface area is 75.0 Å². The number of primary amides is 1. The first-order chi connectivity index (χ1) is 6.18. The molecule has 1 amide bonds. The van der Waals surface area contributed by atoms with Crippen molar-refractivity contribution >= 4 is 23.9 Å². The summed E-state index contributed by atoms with van der Waals surface area (Å²) < 4.78 is 4.29. The van der Waals surface area contributed by atoms with Crippen molar-refractivity contribution in [1.82, 2.24) is 0 Å². The largest absolute Gasteiger partial charge is 0.410 e. The number of carbonyl (C=O) groups is 1. The van der Waals surface area contributed by atoms with E-state index >= 15 is 0 Å². The number of nitrogen functional groups attached to an aromatic ring is 1. The van der Waals surface area contributed by atoms with Crippen LogP contribution in [0.15, 0.2) is 29.3 Å². The topological polar surface area (TPSA) is 90.7 Å². The van der Waals surface area contributed by atoms with E-state index in [0.29, 0.717) is 11.4 Å². The maximum absolute atomic E-state index is 10.1. The summed E-state index contributed by atoms with van der Waals surface area (Å²) in [6.07, 6.45) is 0.0737. The molecule has 0 saturated heterocycles. The second-order valence-corrected chi connectivity index (χ2v) is 2.27. The summed E-state index contributed by atoms with van der Waals surface area (Å²) >= 11 is 0. The van der Waals surface area contributed by atoms with Gasteiger partial charge in [0.25, 0.3) is 0 Å². The number of aliphatic imine (C=N–C) groups is 1. The molecule has 0 bridgehead atoms. The molecule has 5 heteroatoms. The molecule has 0 spiro atoms. The van der Waals surface area contributed by atoms with E-state index in [4.69, 9.17) is 11.5 Å². The van der Waals surface area contributed by atoms with Crippen molar-refractivity contribution in [1.29, 1.82) is 0 Å². The van der Waals surface area contributed by atoms with E-state index in [9.17, 15) is 4.79 Å². The van der Waals surface area contributed by atoms with Gasteiger partial charge in [-0.3, -0.25) is 0 Å². The smallest absolute Gasteiger partial charge is 0.399 e. The summed E-state index contributed by atoms with van der Waals surface area (Å²) in [6.45, 7) is 0. The number of ether oxygens (including phenoxy) is 1. The van der Waals surface area contributed by atoms with Gasteiger partial charge in [-0.1, -0.05) is 6.07 Å². The third kappa shape index (κ3) is 3.24. The monoisotopic (exact) mass is 179 g/mol. The summed E-state index contributed by atoms with van der Waals surface area (Å²) in [4.78, 5) is 13.9. The Hall–Kier alpha value is -2.04. The van der Waals surface area contributed by atoms with Gasteiger partial charge in [-0.25, -0.2) is 9.79 Å². The van der Waals surface area contributed by atoms with Gasteiger partial charge in [0.2, 0.25) is 0 Å². The molecule has 0 radical (unpaired) electrons. The molecule has 0 aliphatic rings. The van der Waals surface area contributed by atoms with Crippen LogP contribution < -0.4 is 11.5 Å². The first-order valence-corrected chi connectivity index (χ1v) is 3.52. The number of rotatable bonds is 2. The Bertz CT molecular complexity index is 336. The summed E-state index contributed by atoms with van der Waals surface area (Å²) in [5.74, 6) is 0. The number of carbonyl (C=O) groups excluding carboxylic acids is 1. The molecule has 4 N–H and O–H groups in total. The predicted octanol–water partition coefficient (Wildman–Crippen LogP) is 1.02. The molecular weight excluding hydrogens is 170 g/mol. The van der Waals surface area contributed by atoms with Gasteiger partial charge in [-0.2, -0.15) is 0 Å². The predicted molar refractivity (Wildman–Crippen MR) is 49.7 cm³/mol. The van der Waals surface area contributed by atoms with Gasteiger partial charge in [-0.05, 0) is 18.2 Å². The highest BCUT2D eigenvalue weighted by atomic mass is 16.5. The van der Waals surface area contributed by atoms with Gasteiger partial charge >= 0.3 is 6.09 Å². The van der Waals surface area contributed by atoms with E-state index in [1.807, 2.05) is 0 Å². The van der Waals surface area contributed by atoms with Crippen LogP contribution in [0.3, 0.4) is 0 Å². The molecule has 1 rings (SSSR count). The van der Waals surface area contributed by atoms with Gasteiger partial charge in [-0.15, -0.1) is 0 Å². The van der Waals surface area contributed by atoms with Gasteiger partial charge in [0.15, 0.2) is 6.40 Å². The fraction of sp³-hybridized carbons (Fsp3) is 0. The molecule has 0 fully saturated rings. The Morgan fingerprint density at radius 3 is 2.92 bits per heavy atom. The summed E-state index contributed by atoms with van der Waals surface area (Å²) in [6, 6.07) is 6.83. The fourth-order valence-corrected chi connectivity index (χ4v) is 0.744. The lowest BCUT2D eigenvalue weighted by molar-refractivity contribution is 0.210. The second-order valence-electron chi connectivity index (χ2n) is 2.27. The van der Waals surface area contributed by atoms with Gasteiger partial charge in [0, 0.05) is 5.69 Å². The van der Waals surface area contributed by atoms with Crippen molar-refractivity contribution in [3.8, 4) is 0 Å². The molecule has 1 aromatic rings. The highest BCUT2D eigenvalue weighted by Crippen LogP contribution is 2.14. The third-order valence-electron chi connectivity index (χ3n) is 1.24. The lowest BCUT2D eigenvalue weighted by atomic mass is 10.3. The second kappa shape index (κ2) is 4.10. The summed E-state index contributed by atoms with van der Waals surface area (Å²) in [7, 11) is 0. The first-order valence-electron chi connectivity index (χ1n) is 3.52. The number of nitrogens with zero attached hydrogens (tertiary/aromatic N) is 1. The van der Waals surface area contributed by atoms with E-state index in [0.717, 1.165) is 6.40 Å². The maximum Gasteiger partial charge on any atom is 0.410 e. The average molecular weight is 179 g/mol. The molecule has 0 heterocycles. The highest BCUT2D eigenvalue weighted by Gasteiger charge is 1.90. The van der Waals surface area contributed by atoms with E-state index in [2.05, 4.69) is 9.73 Å². The normalized spacial score (nSPS) is 10.2. The molecule has 5 nitrogen and oxygen atoms in total. The molecule has 1 aromatic carbocycles. The molecule has 0 aliphatic heterocycles. The van der Waals surface area contributed by atoms with Crippen molar-refractivity contribution in [3.63, 3.8) is 0 Å². The van der Waals surface area contributed by atoms with Crippen LogP contribution in [-0.2, 0) is 4.74 Å². The van der Waals surface area contributed by atoms with Gasteiger partial charge in [0.1, 0.15) is 0 Å². The minimum atomic E-state index is -0.896. The van der Waals surface area contributed by atoms with Crippen molar-refractivity contribution in [3.05, 3.63) is 24.3 Å². The zero-order valence-corrected chi connectivity index (χ0v) is 6.81. The zero-order chi connectivity index (χ0) is 9.68. The van der Waals surface area contributed by atoms with E-state index in [-0.39, 0.29) is 0 Å². The number of nitrogens with two attached hydrogens (primary N) is 2. The quantitative estimate of drug-likeness (QED) is 0.403. The van der Waals surface area contributed by atoms with E-state index < -0.39 is 6.09 Å². The van der Waals surface area contributed by atoms with Gasteiger partial charge in [0.05, 0.1) is 5.69 Å². The highest BCUT2D eigenvalue weighted by molar-refractivity contribution is 5.75. The number of anilines is 1.